The molecule has 0 N–H and O–H groups in total. The van der Waals surface area contributed by atoms with Crippen molar-refractivity contribution in [3.63, 3.8) is 0 Å². The lowest BCUT2D eigenvalue weighted by Gasteiger charge is -2.01. The molecular formula is C20H15O+. The van der Waals surface area contributed by atoms with Crippen LogP contribution in [0.25, 0.3) is 33.1 Å². The van der Waals surface area contributed by atoms with Gasteiger partial charge in [0.15, 0.2) is 0 Å². The number of fused-ring (bicyclic) bond motifs is 3. The molecule has 0 atom stereocenters. The van der Waals surface area contributed by atoms with Crippen molar-refractivity contribution in [3.05, 3.63) is 78.4 Å². The summed E-state index contributed by atoms with van der Waals surface area (Å²) in [5, 5.41) is 3.54. The predicted molar refractivity (Wildman–Crippen MR) is 88.3 cm³/mol. The van der Waals surface area contributed by atoms with E-state index in [0.717, 1.165) is 27.7 Å². The van der Waals surface area contributed by atoms with Crippen molar-refractivity contribution >= 4 is 21.7 Å². The second-order valence-corrected chi connectivity index (χ2v) is 5.34. The zero-order chi connectivity index (χ0) is 14.2. The van der Waals surface area contributed by atoms with Crippen molar-refractivity contribution < 1.29 is 4.42 Å². The maximum Gasteiger partial charge on any atom is 0.368 e. The molecule has 0 unspecified atom stereocenters. The molecule has 0 amide bonds. The van der Waals surface area contributed by atoms with Gasteiger partial charge in [0, 0.05) is 11.5 Å². The number of hydrogen-bond acceptors (Lipinski definition) is 0. The fourth-order valence-corrected chi connectivity index (χ4v) is 2.78. The Morgan fingerprint density at radius 3 is 2.00 bits per heavy atom. The predicted octanol–water partition coefficient (Wildman–Crippen LogP) is 5.84. The first kappa shape index (κ1) is 12.1. The van der Waals surface area contributed by atoms with Crippen LogP contribution < -0.4 is 0 Å². The minimum absolute atomic E-state index is 0.923. The smallest absolute Gasteiger partial charge is 0.206 e. The summed E-state index contributed by atoms with van der Waals surface area (Å²) < 4.78 is 6.20. The number of aryl methyl sites for hydroxylation is 1. The molecule has 4 rings (SSSR count). The third-order valence-corrected chi connectivity index (χ3v) is 3.87. The lowest BCUT2D eigenvalue weighted by molar-refractivity contribution is 0.626. The van der Waals surface area contributed by atoms with Crippen molar-refractivity contribution in [2.24, 2.45) is 0 Å². The van der Waals surface area contributed by atoms with Gasteiger partial charge < -0.3 is 0 Å². The van der Waals surface area contributed by atoms with Gasteiger partial charge in [0.25, 0.3) is 0 Å². The molecular weight excluding hydrogens is 256 g/mol. The summed E-state index contributed by atoms with van der Waals surface area (Å²) in [7, 11) is 0. The standard InChI is InChI=1S/C20H15O/c1-14-10-12-15(13-11-14)20-18-8-3-2-6-16(18)17-7-4-5-9-19(17)21-20/h2-13H,1H3/q+1. The summed E-state index contributed by atoms with van der Waals surface area (Å²) in [5.74, 6) is 0.935. The Labute approximate surface area is 123 Å². The average molecular weight is 271 g/mol. The van der Waals surface area contributed by atoms with E-state index in [1.807, 2.05) is 12.1 Å². The molecule has 100 valence electrons. The van der Waals surface area contributed by atoms with Crippen LogP contribution in [0.15, 0.2) is 77.2 Å². The lowest BCUT2D eigenvalue weighted by Crippen LogP contribution is -1.84. The highest BCUT2D eigenvalue weighted by Crippen LogP contribution is 2.34. The summed E-state index contributed by atoms with van der Waals surface area (Å²) in [6, 6.07) is 25.1. The SMILES string of the molecule is Cc1ccc(-c2[o+]c3ccccc3c3ccccc23)cc1. The number of para-hydroxylation sites is 1. The Balaban J connectivity index is 2.13. The molecule has 3 aromatic carbocycles. The molecule has 1 heteroatoms. The summed E-state index contributed by atoms with van der Waals surface area (Å²) in [5.41, 5.74) is 3.29. The van der Waals surface area contributed by atoms with Gasteiger partial charge >= 0.3 is 11.3 Å². The molecule has 0 aliphatic carbocycles. The van der Waals surface area contributed by atoms with E-state index in [1.165, 1.54) is 10.9 Å². The Bertz CT molecular complexity index is 937. The normalized spacial score (nSPS) is 11.1. The van der Waals surface area contributed by atoms with Crippen LogP contribution >= 0.6 is 0 Å². The number of hydrogen-bond donors (Lipinski definition) is 0. The second-order valence-electron chi connectivity index (χ2n) is 5.34. The first-order valence-corrected chi connectivity index (χ1v) is 7.13. The van der Waals surface area contributed by atoms with Crippen molar-refractivity contribution in [3.8, 4) is 11.3 Å². The van der Waals surface area contributed by atoms with Crippen LogP contribution in [0.5, 0.6) is 0 Å². The lowest BCUT2D eigenvalue weighted by atomic mass is 10.0. The van der Waals surface area contributed by atoms with Gasteiger partial charge in [-0.05, 0) is 31.2 Å². The van der Waals surface area contributed by atoms with E-state index >= 15 is 0 Å². The molecule has 0 aliphatic heterocycles. The van der Waals surface area contributed by atoms with Crippen LogP contribution in [0.2, 0.25) is 0 Å². The van der Waals surface area contributed by atoms with E-state index in [2.05, 4.69) is 67.6 Å². The molecule has 0 bridgehead atoms. The fraction of sp³-hybridized carbons (Fsp3) is 0.0500. The molecule has 0 fully saturated rings. The molecule has 4 aromatic rings. The van der Waals surface area contributed by atoms with E-state index in [4.69, 9.17) is 4.42 Å². The van der Waals surface area contributed by atoms with Crippen LogP contribution in [0.3, 0.4) is 0 Å². The van der Waals surface area contributed by atoms with Crippen LogP contribution in [0, 0.1) is 6.92 Å². The highest BCUT2D eigenvalue weighted by molar-refractivity contribution is 6.09. The Morgan fingerprint density at radius 2 is 1.24 bits per heavy atom. The topological polar surface area (TPSA) is 11.3 Å². The van der Waals surface area contributed by atoms with Gasteiger partial charge in [-0.3, -0.25) is 0 Å². The molecule has 1 aromatic heterocycles. The molecule has 1 nitrogen and oxygen atoms in total. The highest BCUT2D eigenvalue weighted by atomic mass is 16.3. The Hall–Kier alpha value is -2.67. The molecule has 21 heavy (non-hydrogen) atoms. The Kier molecular flexibility index (Phi) is 2.71. The Morgan fingerprint density at radius 1 is 0.619 bits per heavy atom. The zero-order valence-corrected chi connectivity index (χ0v) is 11.8. The second kappa shape index (κ2) is 4.71. The molecule has 0 radical (unpaired) electrons. The summed E-state index contributed by atoms with van der Waals surface area (Å²) in [4.78, 5) is 0. The summed E-state index contributed by atoms with van der Waals surface area (Å²) in [6.45, 7) is 2.10. The van der Waals surface area contributed by atoms with Crippen LogP contribution in [0.4, 0.5) is 0 Å². The quantitative estimate of drug-likeness (QED) is 0.312. The monoisotopic (exact) mass is 271 g/mol. The molecule has 0 saturated heterocycles. The maximum atomic E-state index is 6.20. The largest absolute Gasteiger partial charge is 0.368 e. The van der Waals surface area contributed by atoms with Crippen molar-refractivity contribution in [2.45, 2.75) is 6.92 Å². The van der Waals surface area contributed by atoms with Crippen molar-refractivity contribution in [1.29, 1.82) is 0 Å². The van der Waals surface area contributed by atoms with Gasteiger partial charge in [-0.15, -0.1) is 0 Å². The van der Waals surface area contributed by atoms with E-state index < -0.39 is 0 Å². The van der Waals surface area contributed by atoms with Crippen LogP contribution in [0.1, 0.15) is 5.56 Å². The first-order valence-electron chi connectivity index (χ1n) is 7.13. The molecule has 1 heterocycles. The molecule has 0 spiro atoms. The minimum Gasteiger partial charge on any atom is -0.206 e. The van der Waals surface area contributed by atoms with Crippen molar-refractivity contribution in [1.82, 2.24) is 0 Å². The summed E-state index contributed by atoms with van der Waals surface area (Å²) >= 11 is 0. The highest BCUT2D eigenvalue weighted by Gasteiger charge is 2.20. The van der Waals surface area contributed by atoms with Gasteiger partial charge in [-0.2, -0.15) is 0 Å². The van der Waals surface area contributed by atoms with Crippen LogP contribution in [-0.4, -0.2) is 0 Å². The first-order chi connectivity index (χ1) is 10.3. The van der Waals surface area contributed by atoms with E-state index in [-0.39, 0.29) is 0 Å². The molecule has 0 aliphatic rings. The van der Waals surface area contributed by atoms with Gasteiger partial charge in [0.05, 0.1) is 16.3 Å². The third-order valence-electron chi connectivity index (χ3n) is 3.87. The minimum atomic E-state index is 0.923. The molecule has 0 saturated carbocycles. The third kappa shape index (κ3) is 1.98. The average Bonchev–Trinajstić information content (AvgIpc) is 2.55. The van der Waals surface area contributed by atoms with Gasteiger partial charge in [-0.25, -0.2) is 4.42 Å². The zero-order valence-electron chi connectivity index (χ0n) is 11.8. The van der Waals surface area contributed by atoms with E-state index in [1.54, 1.807) is 0 Å². The van der Waals surface area contributed by atoms with Gasteiger partial charge in [0.2, 0.25) is 0 Å². The number of rotatable bonds is 1. The van der Waals surface area contributed by atoms with Crippen molar-refractivity contribution in [2.75, 3.05) is 0 Å². The van der Waals surface area contributed by atoms with Crippen LogP contribution in [-0.2, 0) is 0 Å². The number of benzene rings is 3. The fourth-order valence-electron chi connectivity index (χ4n) is 2.78. The van der Waals surface area contributed by atoms with Gasteiger partial charge in [0.1, 0.15) is 0 Å². The van der Waals surface area contributed by atoms with E-state index in [9.17, 15) is 0 Å². The van der Waals surface area contributed by atoms with Gasteiger partial charge in [-0.1, -0.05) is 48.0 Å². The summed E-state index contributed by atoms with van der Waals surface area (Å²) in [6.07, 6.45) is 0. The van der Waals surface area contributed by atoms with E-state index in [0.29, 0.717) is 0 Å². The maximum absolute atomic E-state index is 6.20.